The number of rotatable bonds is 6. The quantitative estimate of drug-likeness (QED) is 0.354. The van der Waals surface area contributed by atoms with Crippen LogP contribution in [0.2, 0.25) is 0 Å². The van der Waals surface area contributed by atoms with Crippen molar-refractivity contribution in [3.8, 4) is 11.5 Å². The zero-order chi connectivity index (χ0) is 21.7. The zero-order valence-electron chi connectivity index (χ0n) is 17.7. The van der Waals surface area contributed by atoms with Crippen molar-refractivity contribution in [2.24, 2.45) is 14.1 Å². The molecule has 13 heteroatoms. The van der Waals surface area contributed by atoms with E-state index in [1.165, 1.54) is 0 Å². The molecule has 164 valence electrons. The van der Waals surface area contributed by atoms with Gasteiger partial charge in [-0.15, -0.1) is 15.3 Å². The van der Waals surface area contributed by atoms with Gasteiger partial charge in [0.15, 0.2) is 28.1 Å². The Kier molecular flexibility index (Phi) is 4.64. The van der Waals surface area contributed by atoms with Gasteiger partial charge in [0.2, 0.25) is 0 Å². The number of hydrogen-bond donors (Lipinski definition) is 0. The summed E-state index contributed by atoms with van der Waals surface area (Å²) >= 11 is 1.55. The van der Waals surface area contributed by atoms with Crippen LogP contribution in [-0.4, -0.2) is 66.6 Å². The van der Waals surface area contributed by atoms with Crippen molar-refractivity contribution in [1.82, 2.24) is 53.9 Å². The summed E-state index contributed by atoms with van der Waals surface area (Å²) in [5.41, 5.74) is 2.31. The third-order valence-electron chi connectivity index (χ3n) is 5.51. The topological polar surface area (TPSA) is 119 Å². The summed E-state index contributed by atoms with van der Waals surface area (Å²) in [5, 5.41) is 23.9. The molecule has 6 heterocycles. The average molecular weight is 452 g/mol. The molecule has 1 fully saturated rings. The standard InChI is InChI=1S/C19H21N11OS/c1-27-6-5-14(25-27)18-23-24-19(29(18)9-12-4-3-7-31-12)32-10-15-22-17-13-8-21-28(2)16(13)20-11-30(17)26-15/h5-6,8,11-12H,3-4,7,9-10H2,1-2H3. The van der Waals surface area contributed by atoms with Gasteiger partial charge >= 0.3 is 0 Å². The second-order valence-corrected chi connectivity index (χ2v) is 8.70. The summed E-state index contributed by atoms with van der Waals surface area (Å²) in [6, 6.07) is 1.94. The first-order chi connectivity index (χ1) is 15.7. The van der Waals surface area contributed by atoms with Gasteiger partial charge in [-0.25, -0.2) is 14.5 Å². The fourth-order valence-electron chi connectivity index (χ4n) is 3.95. The van der Waals surface area contributed by atoms with Gasteiger partial charge in [-0.05, 0) is 18.9 Å². The summed E-state index contributed by atoms with van der Waals surface area (Å²) < 4.78 is 13.1. The Bertz CT molecular complexity index is 1410. The largest absolute Gasteiger partial charge is 0.376 e. The Balaban J connectivity index is 1.30. The number of ether oxygens (including phenoxy) is 1. The molecule has 12 nitrogen and oxygen atoms in total. The highest BCUT2D eigenvalue weighted by atomic mass is 32.2. The van der Waals surface area contributed by atoms with E-state index in [0.29, 0.717) is 18.1 Å². The molecule has 5 aromatic rings. The van der Waals surface area contributed by atoms with Crippen LogP contribution in [0.1, 0.15) is 18.7 Å². The number of hydrogen-bond acceptors (Lipinski definition) is 9. The molecule has 1 atom stereocenters. The molecule has 32 heavy (non-hydrogen) atoms. The van der Waals surface area contributed by atoms with Crippen molar-refractivity contribution in [2.75, 3.05) is 6.61 Å². The van der Waals surface area contributed by atoms with Gasteiger partial charge in [0.1, 0.15) is 12.0 Å². The highest BCUT2D eigenvalue weighted by molar-refractivity contribution is 7.98. The van der Waals surface area contributed by atoms with Gasteiger partial charge < -0.3 is 4.74 Å². The number of aryl methyl sites for hydroxylation is 2. The molecule has 1 aliphatic rings. The van der Waals surface area contributed by atoms with Crippen LogP contribution in [0, 0.1) is 0 Å². The van der Waals surface area contributed by atoms with Gasteiger partial charge in [0, 0.05) is 26.9 Å². The van der Waals surface area contributed by atoms with Crippen molar-refractivity contribution < 1.29 is 4.74 Å². The Morgan fingerprint density at radius 1 is 1.19 bits per heavy atom. The Labute approximate surface area is 186 Å². The van der Waals surface area contributed by atoms with Crippen LogP contribution in [0.15, 0.2) is 29.9 Å². The first-order valence-corrected chi connectivity index (χ1v) is 11.3. The van der Waals surface area contributed by atoms with Crippen LogP contribution in [0.25, 0.3) is 28.2 Å². The van der Waals surface area contributed by atoms with Crippen molar-refractivity contribution >= 4 is 28.4 Å². The lowest BCUT2D eigenvalue weighted by Crippen LogP contribution is -2.16. The van der Waals surface area contributed by atoms with E-state index in [1.807, 2.05) is 26.4 Å². The Morgan fingerprint density at radius 2 is 2.12 bits per heavy atom. The predicted molar refractivity (Wildman–Crippen MR) is 116 cm³/mol. The normalized spacial score (nSPS) is 16.6. The lowest BCUT2D eigenvalue weighted by Gasteiger charge is -2.13. The second-order valence-electron chi connectivity index (χ2n) is 7.76. The van der Waals surface area contributed by atoms with Gasteiger partial charge in [-0.3, -0.25) is 13.9 Å². The van der Waals surface area contributed by atoms with E-state index in [-0.39, 0.29) is 6.10 Å². The highest BCUT2D eigenvalue weighted by Gasteiger charge is 2.23. The monoisotopic (exact) mass is 451 g/mol. The Hall–Kier alpha value is -3.32. The number of aromatic nitrogens is 11. The van der Waals surface area contributed by atoms with E-state index in [1.54, 1.807) is 38.2 Å². The maximum Gasteiger partial charge on any atom is 0.192 e. The van der Waals surface area contributed by atoms with Crippen molar-refractivity contribution in [2.45, 2.75) is 36.4 Å². The van der Waals surface area contributed by atoms with Crippen LogP contribution in [-0.2, 0) is 31.1 Å². The smallest absolute Gasteiger partial charge is 0.192 e. The lowest BCUT2D eigenvalue weighted by molar-refractivity contribution is 0.0953. The lowest BCUT2D eigenvalue weighted by atomic mass is 10.2. The van der Waals surface area contributed by atoms with E-state index < -0.39 is 0 Å². The van der Waals surface area contributed by atoms with Crippen LogP contribution in [0.5, 0.6) is 0 Å². The molecule has 0 N–H and O–H groups in total. The van der Waals surface area contributed by atoms with Crippen molar-refractivity contribution in [3.05, 3.63) is 30.6 Å². The third-order valence-corrected chi connectivity index (χ3v) is 6.48. The SMILES string of the molecule is Cn1ccc(-c2nnc(SCc3nc4c5cnn(C)c5ncn4n3)n2CC2CCCO2)n1. The molecule has 1 aliphatic heterocycles. The van der Waals surface area contributed by atoms with E-state index in [9.17, 15) is 0 Å². The number of thioether (sulfide) groups is 1. The zero-order valence-corrected chi connectivity index (χ0v) is 18.5. The molecule has 0 aliphatic carbocycles. The van der Waals surface area contributed by atoms with Crippen LogP contribution < -0.4 is 0 Å². The average Bonchev–Trinajstić information content (AvgIpc) is 3.58. The maximum atomic E-state index is 5.87. The van der Waals surface area contributed by atoms with E-state index in [0.717, 1.165) is 52.8 Å². The third kappa shape index (κ3) is 3.33. The number of nitrogens with zero attached hydrogens (tertiary/aromatic N) is 11. The minimum absolute atomic E-state index is 0.158. The predicted octanol–water partition coefficient (Wildman–Crippen LogP) is 1.47. The highest BCUT2D eigenvalue weighted by Crippen LogP contribution is 2.27. The van der Waals surface area contributed by atoms with Crippen LogP contribution in [0.4, 0.5) is 0 Å². The molecule has 1 saturated heterocycles. The van der Waals surface area contributed by atoms with Crippen molar-refractivity contribution in [1.29, 1.82) is 0 Å². The van der Waals surface area contributed by atoms with Crippen LogP contribution in [0.3, 0.4) is 0 Å². The molecule has 0 aromatic carbocycles. The molecule has 0 saturated carbocycles. The molecular weight excluding hydrogens is 430 g/mol. The molecule has 6 rings (SSSR count). The molecular formula is C19H21N11OS. The summed E-state index contributed by atoms with van der Waals surface area (Å²) in [4.78, 5) is 9.13. The first-order valence-electron chi connectivity index (χ1n) is 10.4. The molecule has 0 radical (unpaired) electrons. The maximum absolute atomic E-state index is 5.87. The van der Waals surface area contributed by atoms with Gasteiger partial charge in [0.05, 0.1) is 30.0 Å². The fraction of sp³-hybridized carbons (Fsp3) is 0.421. The molecule has 0 spiro atoms. The van der Waals surface area contributed by atoms with E-state index in [4.69, 9.17) is 9.72 Å². The number of fused-ring (bicyclic) bond motifs is 3. The second kappa shape index (κ2) is 7.67. The minimum Gasteiger partial charge on any atom is -0.376 e. The van der Waals surface area contributed by atoms with Crippen molar-refractivity contribution in [3.63, 3.8) is 0 Å². The van der Waals surface area contributed by atoms with Gasteiger partial charge in [0.25, 0.3) is 0 Å². The fourth-order valence-corrected chi connectivity index (χ4v) is 4.74. The van der Waals surface area contributed by atoms with E-state index in [2.05, 4.69) is 35.0 Å². The molecule has 0 bridgehead atoms. The van der Waals surface area contributed by atoms with Crippen LogP contribution >= 0.6 is 11.8 Å². The molecule has 1 unspecified atom stereocenters. The molecule has 0 amide bonds. The molecule has 5 aromatic heterocycles. The Morgan fingerprint density at radius 3 is 2.94 bits per heavy atom. The van der Waals surface area contributed by atoms with Gasteiger partial charge in [-0.2, -0.15) is 10.2 Å². The summed E-state index contributed by atoms with van der Waals surface area (Å²) in [5.74, 6) is 1.99. The first kappa shape index (κ1) is 19.4. The minimum atomic E-state index is 0.158. The summed E-state index contributed by atoms with van der Waals surface area (Å²) in [6.45, 7) is 1.50. The van der Waals surface area contributed by atoms with Gasteiger partial charge in [-0.1, -0.05) is 11.8 Å². The summed E-state index contributed by atoms with van der Waals surface area (Å²) in [7, 11) is 3.75. The van der Waals surface area contributed by atoms with E-state index >= 15 is 0 Å². The summed E-state index contributed by atoms with van der Waals surface area (Å²) in [6.07, 6.45) is 7.61.